The summed E-state index contributed by atoms with van der Waals surface area (Å²) in [5.74, 6) is -0.609. The van der Waals surface area contributed by atoms with Crippen molar-refractivity contribution in [3.63, 3.8) is 0 Å². The zero-order chi connectivity index (χ0) is 19.1. The molecule has 0 radical (unpaired) electrons. The second kappa shape index (κ2) is 9.66. The number of benzene rings is 1. The molecule has 1 amide bonds. The van der Waals surface area contributed by atoms with E-state index in [0.29, 0.717) is 10.0 Å². The van der Waals surface area contributed by atoms with Crippen LogP contribution in [0.2, 0.25) is 10.0 Å². The molecule has 0 spiro atoms. The van der Waals surface area contributed by atoms with Crippen LogP contribution in [0.15, 0.2) is 41.3 Å². The van der Waals surface area contributed by atoms with Crippen molar-refractivity contribution < 1.29 is 14.3 Å². The molecule has 0 atom stereocenters. The highest BCUT2D eigenvalue weighted by atomic mass is 35.5. The van der Waals surface area contributed by atoms with Gasteiger partial charge in [0.25, 0.3) is 10.8 Å². The smallest absolute Gasteiger partial charge is 0.316 e. The number of nitrogens with one attached hydrogen (secondary N) is 1. The fourth-order valence-corrected chi connectivity index (χ4v) is 2.90. The Bertz CT molecular complexity index is 870. The zero-order valence-electron chi connectivity index (χ0n) is 13.8. The Morgan fingerprint density at radius 3 is 2.69 bits per heavy atom. The van der Waals surface area contributed by atoms with E-state index in [1.807, 2.05) is 0 Å². The number of nitrogens with zero attached hydrogens (tertiary/aromatic N) is 1. The van der Waals surface area contributed by atoms with Crippen molar-refractivity contribution in [3.05, 3.63) is 62.5 Å². The van der Waals surface area contributed by atoms with Crippen molar-refractivity contribution in [2.24, 2.45) is 0 Å². The summed E-state index contributed by atoms with van der Waals surface area (Å²) in [6, 6.07) is 8.24. The summed E-state index contributed by atoms with van der Waals surface area (Å²) in [4.78, 5) is 35.6. The van der Waals surface area contributed by atoms with E-state index in [4.69, 9.17) is 27.9 Å². The number of thioether (sulfide) groups is 1. The SMILES string of the molecule is CCOC(=O)CSC(=O)Nc1cccn(Cc2ccc(Cl)c(Cl)c2)c1=O. The van der Waals surface area contributed by atoms with Gasteiger partial charge in [0.05, 0.1) is 23.2 Å². The molecule has 6 nitrogen and oxygen atoms in total. The van der Waals surface area contributed by atoms with E-state index < -0.39 is 11.2 Å². The second-order valence-electron chi connectivity index (χ2n) is 5.11. The highest BCUT2D eigenvalue weighted by molar-refractivity contribution is 8.14. The summed E-state index contributed by atoms with van der Waals surface area (Å²) in [5.41, 5.74) is 0.541. The highest BCUT2D eigenvalue weighted by Crippen LogP contribution is 2.22. The lowest BCUT2D eigenvalue weighted by Crippen LogP contribution is -2.24. The van der Waals surface area contributed by atoms with E-state index in [9.17, 15) is 14.4 Å². The van der Waals surface area contributed by atoms with Crippen LogP contribution in [0.3, 0.4) is 0 Å². The number of esters is 1. The third-order valence-corrected chi connectivity index (χ3v) is 4.70. The van der Waals surface area contributed by atoms with Crippen LogP contribution in [-0.4, -0.2) is 28.1 Å². The molecule has 1 N–H and O–H groups in total. The molecule has 138 valence electrons. The van der Waals surface area contributed by atoms with Crippen LogP contribution in [0.4, 0.5) is 10.5 Å². The lowest BCUT2D eigenvalue weighted by molar-refractivity contribution is -0.139. The number of carbonyl (C=O) groups is 2. The van der Waals surface area contributed by atoms with Gasteiger partial charge in [0, 0.05) is 6.20 Å². The Kier molecular flexibility index (Phi) is 7.56. The van der Waals surface area contributed by atoms with Crippen LogP contribution in [0.1, 0.15) is 12.5 Å². The molecule has 0 unspecified atom stereocenters. The molecule has 0 saturated heterocycles. The fraction of sp³-hybridized carbons (Fsp3) is 0.235. The lowest BCUT2D eigenvalue weighted by atomic mass is 10.2. The van der Waals surface area contributed by atoms with Crippen molar-refractivity contribution in [2.75, 3.05) is 17.7 Å². The number of amides is 1. The predicted octanol–water partition coefficient (Wildman–Crippen LogP) is 4.03. The third-order valence-electron chi connectivity index (χ3n) is 3.22. The first-order valence-electron chi connectivity index (χ1n) is 7.63. The summed E-state index contributed by atoms with van der Waals surface area (Å²) >= 11 is 12.6. The summed E-state index contributed by atoms with van der Waals surface area (Å²) in [6.07, 6.45) is 1.60. The van der Waals surface area contributed by atoms with E-state index in [1.165, 1.54) is 10.6 Å². The van der Waals surface area contributed by atoms with Gasteiger partial charge in [0.1, 0.15) is 11.4 Å². The molecule has 0 aliphatic heterocycles. The van der Waals surface area contributed by atoms with Gasteiger partial charge in [-0.05, 0) is 36.8 Å². The molecular formula is C17H16Cl2N2O4S. The van der Waals surface area contributed by atoms with Crippen LogP contribution in [-0.2, 0) is 16.1 Å². The molecule has 1 heterocycles. The monoisotopic (exact) mass is 414 g/mol. The maximum atomic E-state index is 12.5. The van der Waals surface area contributed by atoms with Crippen LogP contribution in [0, 0.1) is 0 Å². The van der Waals surface area contributed by atoms with Crippen LogP contribution >= 0.6 is 35.0 Å². The number of halogens is 2. The van der Waals surface area contributed by atoms with Gasteiger partial charge in [-0.25, -0.2) is 0 Å². The van der Waals surface area contributed by atoms with Crippen molar-refractivity contribution >= 4 is 51.9 Å². The quantitative estimate of drug-likeness (QED) is 0.721. The van der Waals surface area contributed by atoms with Gasteiger partial charge >= 0.3 is 5.97 Å². The van der Waals surface area contributed by atoms with Gasteiger partial charge in [0.15, 0.2) is 0 Å². The molecular weight excluding hydrogens is 399 g/mol. The number of ether oxygens (including phenoxy) is 1. The Labute approximate surface area is 164 Å². The fourth-order valence-electron chi connectivity index (χ4n) is 2.06. The average molecular weight is 415 g/mol. The molecule has 0 fully saturated rings. The topological polar surface area (TPSA) is 77.4 Å². The van der Waals surface area contributed by atoms with Crippen LogP contribution in [0.25, 0.3) is 0 Å². The molecule has 26 heavy (non-hydrogen) atoms. The molecule has 1 aromatic heterocycles. The zero-order valence-corrected chi connectivity index (χ0v) is 16.2. The number of carbonyl (C=O) groups excluding carboxylic acids is 2. The number of rotatable bonds is 6. The highest BCUT2D eigenvalue weighted by Gasteiger charge is 2.11. The summed E-state index contributed by atoms with van der Waals surface area (Å²) in [5, 5.41) is 2.81. The molecule has 9 heteroatoms. The second-order valence-corrected chi connectivity index (χ2v) is 6.87. The Balaban J connectivity index is 2.06. The molecule has 0 aliphatic rings. The van der Waals surface area contributed by atoms with Crippen LogP contribution in [0.5, 0.6) is 0 Å². The van der Waals surface area contributed by atoms with E-state index >= 15 is 0 Å². The Morgan fingerprint density at radius 2 is 2.00 bits per heavy atom. The first kappa shape index (κ1) is 20.4. The van der Waals surface area contributed by atoms with Crippen molar-refractivity contribution in [3.8, 4) is 0 Å². The number of hydrogen-bond acceptors (Lipinski definition) is 5. The van der Waals surface area contributed by atoms with Gasteiger partial charge in [-0.15, -0.1) is 0 Å². The molecule has 2 aromatic rings. The van der Waals surface area contributed by atoms with Gasteiger partial charge in [-0.1, -0.05) is 41.0 Å². The van der Waals surface area contributed by atoms with E-state index in [1.54, 1.807) is 37.4 Å². The maximum Gasteiger partial charge on any atom is 0.316 e. The van der Waals surface area contributed by atoms with E-state index in [0.717, 1.165) is 17.3 Å². The first-order chi connectivity index (χ1) is 12.4. The third kappa shape index (κ3) is 5.79. The average Bonchev–Trinajstić information content (AvgIpc) is 2.60. The first-order valence-corrected chi connectivity index (χ1v) is 9.37. The normalized spacial score (nSPS) is 10.4. The maximum absolute atomic E-state index is 12.5. The molecule has 0 aliphatic carbocycles. The van der Waals surface area contributed by atoms with Gasteiger partial charge in [-0.3, -0.25) is 14.4 Å². The minimum absolute atomic E-state index is 0.119. The van der Waals surface area contributed by atoms with Gasteiger partial charge in [0.2, 0.25) is 0 Å². The Hall–Kier alpha value is -1.96. The summed E-state index contributed by atoms with van der Waals surface area (Å²) < 4.78 is 6.18. The molecule has 0 saturated carbocycles. The summed E-state index contributed by atoms with van der Waals surface area (Å²) in [6.45, 7) is 2.21. The largest absolute Gasteiger partial charge is 0.465 e. The minimum Gasteiger partial charge on any atom is -0.465 e. The van der Waals surface area contributed by atoms with Crippen molar-refractivity contribution in [2.45, 2.75) is 13.5 Å². The summed E-state index contributed by atoms with van der Waals surface area (Å²) in [7, 11) is 0. The van der Waals surface area contributed by atoms with Crippen molar-refractivity contribution in [1.82, 2.24) is 4.57 Å². The molecule has 0 bridgehead atoms. The standard InChI is InChI=1S/C17H16Cl2N2O4S/c1-2-25-15(22)10-26-17(24)20-14-4-3-7-21(16(14)23)9-11-5-6-12(18)13(19)8-11/h3-8H,2,9-10H2,1H3,(H,20,24). The van der Waals surface area contributed by atoms with E-state index in [2.05, 4.69) is 5.32 Å². The van der Waals surface area contributed by atoms with Gasteiger partial charge in [-0.2, -0.15) is 0 Å². The minimum atomic E-state index is -0.512. The van der Waals surface area contributed by atoms with Crippen LogP contribution < -0.4 is 10.9 Å². The lowest BCUT2D eigenvalue weighted by Gasteiger charge is -2.10. The number of pyridine rings is 1. The number of anilines is 1. The van der Waals surface area contributed by atoms with E-state index in [-0.39, 0.29) is 30.2 Å². The Morgan fingerprint density at radius 1 is 1.23 bits per heavy atom. The van der Waals surface area contributed by atoms with Crippen molar-refractivity contribution in [1.29, 1.82) is 0 Å². The van der Waals surface area contributed by atoms with Gasteiger partial charge < -0.3 is 14.6 Å². The number of hydrogen-bond donors (Lipinski definition) is 1. The number of aromatic nitrogens is 1. The predicted molar refractivity (Wildman–Crippen MR) is 104 cm³/mol. The molecule has 1 aromatic carbocycles. The molecule has 2 rings (SSSR count).